The van der Waals surface area contributed by atoms with E-state index < -0.39 is 13.0 Å². The fourth-order valence-corrected chi connectivity index (χ4v) is 3.79. The third-order valence-electron chi connectivity index (χ3n) is 4.90. The van der Waals surface area contributed by atoms with Gasteiger partial charge in [-0.3, -0.25) is 11.3 Å². The number of rotatable bonds is 7. The lowest BCUT2D eigenvalue weighted by Crippen LogP contribution is -2.49. The lowest BCUT2D eigenvalue weighted by atomic mass is 9.74. The van der Waals surface area contributed by atoms with Crippen molar-refractivity contribution >= 4 is 0 Å². The Balaban J connectivity index is 1.80. The summed E-state index contributed by atoms with van der Waals surface area (Å²) in [7, 11) is 0. The quantitative estimate of drug-likeness (QED) is 0.431. The van der Waals surface area contributed by atoms with E-state index in [4.69, 9.17) is 15.3 Å². The molecule has 2 atom stereocenters. The van der Waals surface area contributed by atoms with Gasteiger partial charge in [-0.25, -0.2) is 8.78 Å². The molecule has 0 aromatic carbocycles. The second-order valence-electron chi connectivity index (χ2n) is 6.37. The molecule has 1 aliphatic heterocycles. The van der Waals surface area contributed by atoms with Crippen molar-refractivity contribution in [2.75, 3.05) is 19.8 Å². The third-order valence-corrected chi connectivity index (χ3v) is 4.90. The number of alkyl halides is 2. The largest absolute Gasteiger partial charge is 0.375 e. The fourth-order valence-electron chi connectivity index (χ4n) is 3.79. The minimum atomic E-state index is -2.40. The van der Waals surface area contributed by atoms with Gasteiger partial charge in [0, 0.05) is 19.3 Å². The molecule has 2 rings (SSSR count). The van der Waals surface area contributed by atoms with Gasteiger partial charge in [-0.2, -0.15) is 0 Å². The summed E-state index contributed by atoms with van der Waals surface area (Å²) < 4.78 is 35.2. The molecule has 2 fully saturated rings. The summed E-state index contributed by atoms with van der Waals surface area (Å²) in [6.07, 6.45) is 6.34. The molecule has 1 saturated heterocycles. The van der Waals surface area contributed by atoms with Crippen molar-refractivity contribution in [1.82, 2.24) is 5.43 Å². The number of ether oxygens (including phenoxy) is 2. The van der Waals surface area contributed by atoms with Crippen molar-refractivity contribution < 1.29 is 18.3 Å². The van der Waals surface area contributed by atoms with Crippen molar-refractivity contribution in [3.63, 3.8) is 0 Å². The molecule has 1 aliphatic carbocycles. The molecule has 6 heteroatoms. The Kier molecular flexibility index (Phi) is 6.79. The van der Waals surface area contributed by atoms with E-state index in [9.17, 15) is 8.78 Å². The molecule has 3 N–H and O–H groups in total. The van der Waals surface area contributed by atoms with Crippen LogP contribution < -0.4 is 11.3 Å². The Morgan fingerprint density at radius 2 is 2.05 bits per heavy atom. The first-order valence-corrected chi connectivity index (χ1v) is 8.11. The molecule has 0 aromatic heterocycles. The molecule has 1 heterocycles. The van der Waals surface area contributed by atoms with E-state index in [0.717, 1.165) is 32.3 Å². The Hall–Kier alpha value is -0.300. The average molecular weight is 306 g/mol. The summed E-state index contributed by atoms with van der Waals surface area (Å²) >= 11 is 0. The first-order chi connectivity index (χ1) is 10.2. The van der Waals surface area contributed by atoms with Crippen molar-refractivity contribution in [2.45, 2.75) is 69.4 Å². The summed E-state index contributed by atoms with van der Waals surface area (Å²) in [6.45, 7) is 0.610. The molecular formula is C15H28F2N2O2. The van der Waals surface area contributed by atoms with Gasteiger partial charge in [0.05, 0.1) is 5.60 Å². The van der Waals surface area contributed by atoms with Crippen molar-refractivity contribution in [3.05, 3.63) is 0 Å². The Morgan fingerprint density at radius 1 is 1.29 bits per heavy atom. The molecule has 0 amide bonds. The van der Waals surface area contributed by atoms with Gasteiger partial charge in [-0.05, 0) is 38.0 Å². The minimum absolute atomic E-state index is 0.0418. The maximum absolute atomic E-state index is 12.1. The van der Waals surface area contributed by atoms with Crippen LogP contribution in [-0.4, -0.2) is 37.9 Å². The molecular weight excluding hydrogens is 278 g/mol. The number of nitrogens with one attached hydrogen (secondary N) is 1. The fraction of sp³-hybridized carbons (Fsp3) is 1.00. The monoisotopic (exact) mass is 306 g/mol. The van der Waals surface area contributed by atoms with Gasteiger partial charge in [0.1, 0.15) is 6.61 Å². The molecule has 0 radical (unpaired) electrons. The average Bonchev–Trinajstić information content (AvgIpc) is 2.48. The Labute approximate surface area is 125 Å². The van der Waals surface area contributed by atoms with Crippen LogP contribution in [0.1, 0.15) is 51.4 Å². The molecule has 0 aromatic rings. The van der Waals surface area contributed by atoms with Crippen LogP contribution in [0, 0.1) is 5.92 Å². The Morgan fingerprint density at radius 3 is 2.71 bits per heavy atom. The second kappa shape index (κ2) is 8.36. The molecule has 1 saturated carbocycles. The smallest absolute Gasteiger partial charge is 0.261 e. The SMILES string of the molecule is NNC(CCOCC(F)F)C1CCOC2(CCCCC2)C1. The molecule has 4 nitrogen and oxygen atoms in total. The molecule has 2 unspecified atom stereocenters. The minimum Gasteiger partial charge on any atom is -0.375 e. The van der Waals surface area contributed by atoms with Crippen molar-refractivity contribution in [1.29, 1.82) is 0 Å². The maximum Gasteiger partial charge on any atom is 0.261 e. The van der Waals surface area contributed by atoms with E-state index in [-0.39, 0.29) is 11.6 Å². The normalized spacial score (nSPS) is 27.1. The molecule has 21 heavy (non-hydrogen) atoms. The van der Waals surface area contributed by atoms with E-state index in [0.29, 0.717) is 18.9 Å². The van der Waals surface area contributed by atoms with Crippen LogP contribution in [0.3, 0.4) is 0 Å². The van der Waals surface area contributed by atoms with E-state index in [2.05, 4.69) is 5.43 Å². The molecule has 2 aliphatic rings. The second-order valence-corrected chi connectivity index (χ2v) is 6.37. The molecule has 124 valence electrons. The van der Waals surface area contributed by atoms with Gasteiger partial charge in [0.15, 0.2) is 0 Å². The number of nitrogens with two attached hydrogens (primary N) is 1. The zero-order chi connectivity index (χ0) is 15.1. The first kappa shape index (κ1) is 17.1. The lowest BCUT2D eigenvalue weighted by Gasteiger charge is -2.45. The van der Waals surface area contributed by atoms with Crippen molar-refractivity contribution in [3.8, 4) is 0 Å². The van der Waals surface area contributed by atoms with Crippen LogP contribution in [0.25, 0.3) is 0 Å². The summed E-state index contributed by atoms with van der Waals surface area (Å²) in [5, 5.41) is 0. The zero-order valence-corrected chi connectivity index (χ0v) is 12.7. The van der Waals surface area contributed by atoms with Gasteiger partial charge >= 0.3 is 0 Å². The van der Waals surface area contributed by atoms with Gasteiger partial charge in [0.25, 0.3) is 6.43 Å². The summed E-state index contributed by atoms with van der Waals surface area (Å²) in [5.74, 6) is 6.11. The number of hydrogen-bond donors (Lipinski definition) is 2. The summed E-state index contributed by atoms with van der Waals surface area (Å²) in [4.78, 5) is 0. The topological polar surface area (TPSA) is 56.5 Å². The van der Waals surface area contributed by atoms with Gasteiger partial charge in [-0.1, -0.05) is 19.3 Å². The van der Waals surface area contributed by atoms with Gasteiger partial charge < -0.3 is 9.47 Å². The molecule has 1 spiro atoms. The highest BCUT2D eigenvalue weighted by Gasteiger charge is 2.40. The number of hydrazine groups is 1. The first-order valence-electron chi connectivity index (χ1n) is 8.11. The summed E-state index contributed by atoms with van der Waals surface area (Å²) in [6, 6.07) is 0.116. The Bertz CT molecular complexity index is 294. The van der Waals surface area contributed by atoms with Crippen LogP contribution >= 0.6 is 0 Å². The predicted molar refractivity (Wildman–Crippen MR) is 77.0 cm³/mol. The van der Waals surface area contributed by atoms with E-state index in [1.807, 2.05) is 0 Å². The highest BCUT2D eigenvalue weighted by molar-refractivity contribution is 4.92. The van der Waals surface area contributed by atoms with Crippen LogP contribution in [0.5, 0.6) is 0 Å². The van der Waals surface area contributed by atoms with E-state index in [1.54, 1.807) is 0 Å². The van der Waals surface area contributed by atoms with Crippen LogP contribution in [0.4, 0.5) is 8.78 Å². The third kappa shape index (κ3) is 5.13. The predicted octanol–water partition coefficient (Wildman–Crippen LogP) is 2.62. The summed E-state index contributed by atoms with van der Waals surface area (Å²) in [5.41, 5.74) is 2.90. The lowest BCUT2D eigenvalue weighted by molar-refractivity contribution is -0.122. The van der Waals surface area contributed by atoms with Gasteiger partial charge in [-0.15, -0.1) is 0 Å². The van der Waals surface area contributed by atoms with Crippen LogP contribution in [-0.2, 0) is 9.47 Å². The van der Waals surface area contributed by atoms with Gasteiger partial charge in [0.2, 0.25) is 0 Å². The standard InChI is InChI=1S/C15H28F2N2O2/c16-14(17)11-20-8-5-13(19-18)12-4-9-21-15(10-12)6-2-1-3-7-15/h12-14,19H,1-11,18H2. The van der Waals surface area contributed by atoms with Crippen molar-refractivity contribution in [2.24, 2.45) is 11.8 Å². The maximum atomic E-state index is 12.1. The number of hydrogen-bond acceptors (Lipinski definition) is 4. The van der Waals surface area contributed by atoms with Crippen LogP contribution in [0.15, 0.2) is 0 Å². The highest BCUT2D eigenvalue weighted by Crippen LogP contribution is 2.41. The van der Waals surface area contributed by atoms with Crippen LogP contribution in [0.2, 0.25) is 0 Å². The highest BCUT2D eigenvalue weighted by atomic mass is 19.3. The molecule has 0 bridgehead atoms. The number of halogens is 2. The van der Waals surface area contributed by atoms with E-state index in [1.165, 1.54) is 19.3 Å². The zero-order valence-electron chi connectivity index (χ0n) is 12.7. The van der Waals surface area contributed by atoms with E-state index >= 15 is 0 Å².